The first-order chi connectivity index (χ1) is 11.6. The zero-order valence-corrected chi connectivity index (χ0v) is 15.2. The number of carbonyl (C=O) groups is 1. The second-order valence-corrected chi connectivity index (χ2v) is 8.26. The topological polar surface area (TPSA) is 69.8 Å². The third kappa shape index (κ3) is 4.30. The number of nitrogens with one attached hydrogen (secondary N) is 3. The molecule has 5 nitrogen and oxygen atoms in total. The summed E-state index contributed by atoms with van der Waals surface area (Å²) < 4.78 is 0. The van der Waals surface area contributed by atoms with Crippen molar-refractivity contribution in [1.82, 2.24) is 20.6 Å². The van der Waals surface area contributed by atoms with Crippen LogP contribution in [0.15, 0.2) is 24.3 Å². The van der Waals surface area contributed by atoms with Gasteiger partial charge in [0.15, 0.2) is 0 Å². The maximum absolute atomic E-state index is 12.2. The van der Waals surface area contributed by atoms with Crippen molar-refractivity contribution in [2.75, 3.05) is 25.4 Å². The molecule has 1 fully saturated rings. The van der Waals surface area contributed by atoms with Crippen LogP contribution in [0, 0.1) is 5.41 Å². The van der Waals surface area contributed by atoms with Crippen molar-refractivity contribution in [3.8, 4) is 0 Å². The number of hydrogen-bond donors (Lipinski definition) is 3. The van der Waals surface area contributed by atoms with Gasteiger partial charge in [0.2, 0.25) is 5.91 Å². The van der Waals surface area contributed by atoms with E-state index >= 15 is 0 Å². The van der Waals surface area contributed by atoms with E-state index in [0.29, 0.717) is 5.75 Å². The van der Waals surface area contributed by atoms with E-state index in [4.69, 9.17) is 0 Å². The summed E-state index contributed by atoms with van der Waals surface area (Å²) in [7, 11) is 0. The lowest BCUT2D eigenvalue weighted by Gasteiger charge is -2.34. The van der Waals surface area contributed by atoms with Crippen molar-refractivity contribution >= 4 is 28.7 Å². The Balaban J connectivity index is 1.46. The number of amides is 1. The van der Waals surface area contributed by atoms with E-state index in [1.54, 1.807) is 11.8 Å². The Labute approximate surface area is 147 Å². The molecule has 3 N–H and O–H groups in total. The molecule has 130 valence electrons. The molecule has 1 aliphatic rings. The number of benzene rings is 1. The average molecular weight is 346 g/mol. The molecule has 1 aromatic carbocycles. The van der Waals surface area contributed by atoms with E-state index in [-0.39, 0.29) is 16.6 Å². The second-order valence-electron chi connectivity index (χ2n) is 6.93. The van der Waals surface area contributed by atoms with E-state index in [2.05, 4.69) is 34.4 Å². The molecule has 24 heavy (non-hydrogen) atoms. The van der Waals surface area contributed by atoms with Crippen LogP contribution in [0.5, 0.6) is 0 Å². The van der Waals surface area contributed by atoms with Crippen molar-refractivity contribution in [3.05, 3.63) is 30.1 Å². The summed E-state index contributed by atoms with van der Waals surface area (Å²) in [6.07, 6.45) is 2.24. The molecular weight excluding hydrogens is 320 g/mol. The van der Waals surface area contributed by atoms with Gasteiger partial charge in [-0.1, -0.05) is 19.1 Å². The van der Waals surface area contributed by atoms with Gasteiger partial charge in [0.25, 0.3) is 0 Å². The van der Waals surface area contributed by atoms with Crippen LogP contribution in [-0.2, 0) is 4.79 Å². The fourth-order valence-electron chi connectivity index (χ4n) is 3.01. The van der Waals surface area contributed by atoms with Crippen LogP contribution in [0.2, 0.25) is 0 Å². The largest absolute Gasteiger partial charge is 0.355 e. The molecule has 3 rings (SSSR count). The lowest BCUT2D eigenvalue weighted by atomic mass is 9.81. The zero-order valence-electron chi connectivity index (χ0n) is 14.4. The Morgan fingerprint density at radius 2 is 2.12 bits per heavy atom. The van der Waals surface area contributed by atoms with Crippen LogP contribution in [0.4, 0.5) is 0 Å². The molecule has 1 aromatic heterocycles. The summed E-state index contributed by atoms with van der Waals surface area (Å²) in [4.78, 5) is 20.1. The van der Waals surface area contributed by atoms with Gasteiger partial charge in [-0.15, -0.1) is 11.8 Å². The van der Waals surface area contributed by atoms with Crippen LogP contribution >= 0.6 is 11.8 Å². The van der Waals surface area contributed by atoms with Gasteiger partial charge in [-0.25, -0.2) is 4.98 Å². The standard InChI is InChI=1S/C18H26N4OS/c1-13(17-21-14-5-3-4-6-15(14)22-17)24-11-16(23)20-12-18(2)7-9-19-10-8-18/h3-6,13,19H,7-12H2,1-2H3,(H,20,23)(H,21,22). The second kappa shape index (κ2) is 7.57. The van der Waals surface area contributed by atoms with Crippen molar-refractivity contribution in [2.24, 2.45) is 5.41 Å². The Kier molecular flexibility index (Phi) is 5.46. The van der Waals surface area contributed by atoms with E-state index in [1.807, 2.05) is 24.3 Å². The smallest absolute Gasteiger partial charge is 0.230 e. The van der Waals surface area contributed by atoms with Gasteiger partial charge in [0.05, 0.1) is 22.0 Å². The van der Waals surface area contributed by atoms with E-state index < -0.39 is 0 Å². The number of fused-ring (bicyclic) bond motifs is 1. The van der Waals surface area contributed by atoms with Gasteiger partial charge < -0.3 is 15.6 Å². The molecule has 0 bridgehead atoms. The van der Waals surface area contributed by atoms with E-state index in [0.717, 1.165) is 49.3 Å². The van der Waals surface area contributed by atoms with E-state index in [9.17, 15) is 4.79 Å². The van der Waals surface area contributed by atoms with Crippen molar-refractivity contribution < 1.29 is 4.79 Å². The molecule has 2 heterocycles. The summed E-state index contributed by atoms with van der Waals surface area (Å²) in [5.74, 6) is 1.51. The molecule has 0 aliphatic carbocycles. The monoisotopic (exact) mass is 346 g/mol. The minimum atomic E-state index is 0.114. The Hall–Kier alpha value is -1.53. The quantitative estimate of drug-likeness (QED) is 0.752. The van der Waals surface area contributed by atoms with Gasteiger partial charge in [0.1, 0.15) is 5.82 Å². The molecule has 1 amide bonds. The number of aromatic amines is 1. The highest BCUT2D eigenvalue weighted by Crippen LogP contribution is 2.28. The lowest BCUT2D eigenvalue weighted by molar-refractivity contribution is -0.119. The molecule has 1 unspecified atom stereocenters. The molecule has 2 aromatic rings. The predicted octanol–water partition coefficient (Wildman–Crippen LogP) is 2.86. The Morgan fingerprint density at radius 1 is 1.38 bits per heavy atom. The highest BCUT2D eigenvalue weighted by Gasteiger charge is 2.27. The van der Waals surface area contributed by atoms with Gasteiger partial charge in [-0.05, 0) is 50.4 Å². The summed E-state index contributed by atoms with van der Waals surface area (Å²) in [6.45, 7) is 7.21. The first-order valence-corrected chi connectivity index (χ1v) is 9.64. The number of H-pyrrole nitrogens is 1. The Bertz CT molecular complexity index is 660. The van der Waals surface area contributed by atoms with Crippen LogP contribution in [-0.4, -0.2) is 41.3 Å². The highest BCUT2D eigenvalue weighted by molar-refractivity contribution is 8.00. The SMILES string of the molecule is CC(SCC(=O)NCC1(C)CCNCC1)c1nc2ccccc2[nH]1. The number of hydrogen-bond acceptors (Lipinski definition) is 4. The average Bonchev–Trinajstić information content (AvgIpc) is 3.03. The van der Waals surface area contributed by atoms with Crippen molar-refractivity contribution in [1.29, 1.82) is 0 Å². The number of piperidine rings is 1. The van der Waals surface area contributed by atoms with E-state index in [1.165, 1.54) is 0 Å². The van der Waals surface area contributed by atoms with Crippen LogP contribution < -0.4 is 10.6 Å². The molecule has 6 heteroatoms. The normalized spacial score (nSPS) is 18.4. The number of imidazole rings is 1. The third-order valence-electron chi connectivity index (χ3n) is 4.78. The molecule has 0 spiro atoms. The minimum Gasteiger partial charge on any atom is -0.355 e. The molecule has 1 atom stereocenters. The zero-order chi connectivity index (χ0) is 17.0. The third-order valence-corrected chi connectivity index (χ3v) is 5.93. The van der Waals surface area contributed by atoms with Crippen LogP contribution in [0.25, 0.3) is 11.0 Å². The van der Waals surface area contributed by atoms with Crippen molar-refractivity contribution in [2.45, 2.75) is 31.9 Å². The summed E-state index contributed by atoms with van der Waals surface area (Å²) in [5, 5.41) is 6.64. The molecule has 1 saturated heterocycles. The maximum atomic E-state index is 12.2. The number of para-hydroxylation sites is 2. The fourth-order valence-corrected chi connectivity index (χ4v) is 3.79. The van der Waals surface area contributed by atoms with Gasteiger partial charge in [-0.2, -0.15) is 0 Å². The molecule has 1 aliphatic heterocycles. The first kappa shape index (κ1) is 17.3. The van der Waals surface area contributed by atoms with Crippen LogP contribution in [0.3, 0.4) is 0 Å². The van der Waals surface area contributed by atoms with Gasteiger partial charge in [-0.3, -0.25) is 4.79 Å². The lowest BCUT2D eigenvalue weighted by Crippen LogP contribution is -2.43. The number of nitrogens with zero attached hydrogens (tertiary/aromatic N) is 1. The molecular formula is C18H26N4OS. The number of rotatable bonds is 6. The van der Waals surface area contributed by atoms with Gasteiger partial charge in [0, 0.05) is 6.54 Å². The molecule has 0 saturated carbocycles. The highest BCUT2D eigenvalue weighted by atomic mass is 32.2. The fraction of sp³-hybridized carbons (Fsp3) is 0.556. The predicted molar refractivity (Wildman–Crippen MR) is 100 cm³/mol. The van der Waals surface area contributed by atoms with Crippen LogP contribution in [0.1, 0.15) is 37.8 Å². The Morgan fingerprint density at radius 3 is 2.88 bits per heavy atom. The summed E-state index contributed by atoms with van der Waals surface area (Å²) in [5.41, 5.74) is 2.25. The number of carbonyl (C=O) groups excluding carboxylic acids is 1. The molecule has 0 radical (unpaired) electrons. The minimum absolute atomic E-state index is 0.114. The number of thioether (sulfide) groups is 1. The van der Waals surface area contributed by atoms with Gasteiger partial charge >= 0.3 is 0 Å². The maximum Gasteiger partial charge on any atom is 0.230 e. The first-order valence-electron chi connectivity index (χ1n) is 8.59. The number of aromatic nitrogens is 2. The van der Waals surface area contributed by atoms with Crippen molar-refractivity contribution in [3.63, 3.8) is 0 Å². The summed E-state index contributed by atoms with van der Waals surface area (Å²) >= 11 is 1.62. The summed E-state index contributed by atoms with van der Waals surface area (Å²) in [6, 6.07) is 8.01.